The van der Waals surface area contributed by atoms with Crippen LogP contribution in [-0.2, 0) is 7.05 Å². The zero-order valence-electron chi connectivity index (χ0n) is 14.4. The zero-order chi connectivity index (χ0) is 17.4. The first-order valence-electron chi connectivity index (χ1n) is 8.46. The van der Waals surface area contributed by atoms with Gasteiger partial charge in [0, 0.05) is 38.1 Å². The molecule has 1 aliphatic rings. The van der Waals surface area contributed by atoms with Crippen LogP contribution in [-0.4, -0.2) is 54.3 Å². The molecule has 0 aromatic carbocycles. The van der Waals surface area contributed by atoms with E-state index in [-0.39, 0.29) is 5.91 Å². The van der Waals surface area contributed by atoms with Gasteiger partial charge in [-0.3, -0.25) is 9.48 Å². The number of amides is 1. The SMILES string of the molecule is Cc1cc(C(=O)N2CCC(Nc3cccn4ncnc34)CC2)nn1C. The van der Waals surface area contributed by atoms with E-state index in [0.717, 1.165) is 43.0 Å². The first kappa shape index (κ1) is 15.6. The van der Waals surface area contributed by atoms with Gasteiger partial charge in [-0.1, -0.05) is 0 Å². The summed E-state index contributed by atoms with van der Waals surface area (Å²) in [7, 11) is 1.85. The lowest BCUT2D eigenvalue weighted by molar-refractivity contribution is 0.0711. The molecule has 1 saturated heterocycles. The molecule has 3 aromatic heterocycles. The van der Waals surface area contributed by atoms with Gasteiger partial charge in [-0.15, -0.1) is 0 Å². The number of piperidine rings is 1. The number of aromatic nitrogens is 5. The van der Waals surface area contributed by atoms with Gasteiger partial charge in [-0.2, -0.15) is 10.2 Å². The van der Waals surface area contributed by atoms with Crippen LogP contribution in [0.3, 0.4) is 0 Å². The van der Waals surface area contributed by atoms with Crippen molar-refractivity contribution < 1.29 is 4.79 Å². The first-order valence-corrected chi connectivity index (χ1v) is 8.46. The number of anilines is 1. The summed E-state index contributed by atoms with van der Waals surface area (Å²) in [6.07, 6.45) is 5.22. The van der Waals surface area contributed by atoms with Crippen molar-refractivity contribution in [2.45, 2.75) is 25.8 Å². The van der Waals surface area contributed by atoms with E-state index in [1.54, 1.807) is 15.5 Å². The van der Waals surface area contributed by atoms with Crippen molar-refractivity contribution in [3.63, 3.8) is 0 Å². The molecular weight excluding hydrogens is 318 g/mol. The second-order valence-electron chi connectivity index (χ2n) is 6.46. The Morgan fingerprint density at radius 2 is 2.12 bits per heavy atom. The van der Waals surface area contributed by atoms with Gasteiger partial charge in [0.2, 0.25) is 0 Å². The zero-order valence-corrected chi connectivity index (χ0v) is 14.4. The number of likely N-dealkylation sites (tertiary alicyclic amines) is 1. The van der Waals surface area contributed by atoms with E-state index in [2.05, 4.69) is 20.5 Å². The molecule has 8 nitrogen and oxygen atoms in total. The van der Waals surface area contributed by atoms with E-state index in [0.29, 0.717) is 11.7 Å². The summed E-state index contributed by atoms with van der Waals surface area (Å²) in [5.41, 5.74) is 3.32. The van der Waals surface area contributed by atoms with Crippen molar-refractivity contribution in [1.29, 1.82) is 0 Å². The molecule has 1 amide bonds. The number of carbonyl (C=O) groups is 1. The minimum atomic E-state index is 0.0155. The Labute approximate surface area is 145 Å². The number of hydrogen-bond donors (Lipinski definition) is 1. The maximum Gasteiger partial charge on any atom is 0.274 e. The third-order valence-electron chi connectivity index (χ3n) is 4.78. The van der Waals surface area contributed by atoms with E-state index in [9.17, 15) is 4.79 Å². The molecule has 0 aliphatic carbocycles. The molecule has 0 saturated carbocycles. The van der Waals surface area contributed by atoms with E-state index in [1.807, 2.05) is 43.3 Å². The number of hydrogen-bond acceptors (Lipinski definition) is 5. The minimum Gasteiger partial charge on any atom is -0.379 e. The molecule has 25 heavy (non-hydrogen) atoms. The molecule has 0 unspecified atom stereocenters. The fourth-order valence-corrected chi connectivity index (χ4v) is 3.23. The highest BCUT2D eigenvalue weighted by molar-refractivity contribution is 5.92. The monoisotopic (exact) mass is 339 g/mol. The van der Waals surface area contributed by atoms with Crippen LogP contribution < -0.4 is 5.32 Å². The Kier molecular flexibility index (Phi) is 3.87. The second-order valence-corrected chi connectivity index (χ2v) is 6.46. The molecule has 1 N–H and O–H groups in total. The Hall–Kier alpha value is -2.90. The topological polar surface area (TPSA) is 80.3 Å². The van der Waals surface area contributed by atoms with Crippen LogP contribution in [0.25, 0.3) is 5.65 Å². The van der Waals surface area contributed by atoms with Gasteiger partial charge in [0.25, 0.3) is 5.91 Å². The lowest BCUT2D eigenvalue weighted by atomic mass is 10.0. The Balaban J connectivity index is 1.40. The quantitative estimate of drug-likeness (QED) is 0.782. The highest BCUT2D eigenvalue weighted by Crippen LogP contribution is 2.20. The Bertz CT molecular complexity index is 885. The van der Waals surface area contributed by atoms with Gasteiger partial charge in [0.05, 0.1) is 5.69 Å². The molecule has 130 valence electrons. The molecular formula is C17H21N7O. The highest BCUT2D eigenvalue weighted by Gasteiger charge is 2.25. The Morgan fingerprint density at radius 1 is 1.32 bits per heavy atom. The van der Waals surface area contributed by atoms with Gasteiger partial charge < -0.3 is 10.2 Å². The third kappa shape index (κ3) is 2.95. The summed E-state index contributed by atoms with van der Waals surface area (Å²) in [6, 6.07) is 6.13. The summed E-state index contributed by atoms with van der Waals surface area (Å²) < 4.78 is 3.49. The van der Waals surface area contributed by atoms with Gasteiger partial charge in [0.1, 0.15) is 6.33 Å². The number of carbonyl (C=O) groups excluding carboxylic acids is 1. The largest absolute Gasteiger partial charge is 0.379 e. The average Bonchev–Trinajstić information content (AvgIpc) is 3.23. The van der Waals surface area contributed by atoms with Gasteiger partial charge in [-0.25, -0.2) is 9.50 Å². The smallest absolute Gasteiger partial charge is 0.274 e. The van der Waals surface area contributed by atoms with E-state index in [1.165, 1.54) is 0 Å². The van der Waals surface area contributed by atoms with Crippen LogP contribution in [0.15, 0.2) is 30.7 Å². The number of nitrogens with one attached hydrogen (secondary N) is 1. The number of pyridine rings is 1. The fourth-order valence-electron chi connectivity index (χ4n) is 3.23. The molecule has 8 heteroatoms. The van der Waals surface area contributed by atoms with Crippen molar-refractivity contribution in [3.05, 3.63) is 42.1 Å². The summed E-state index contributed by atoms with van der Waals surface area (Å²) >= 11 is 0. The first-order chi connectivity index (χ1) is 12.1. The summed E-state index contributed by atoms with van der Waals surface area (Å²) in [4.78, 5) is 18.8. The van der Waals surface area contributed by atoms with Gasteiger partial charge in [-0.05, 0) is 38.0 Å². The number of aryl methyl sites for hydroxylation is 2. The number of nitrogens with zero attached hydrogens (tertiary/aromatic N) is 6. The molecule has 4 rings (SSSR count). The van der Waals surface area contributed by atoms with Crippen molar-refractivity contribution in [3.8, 4) is 0 Å². The standard InChI is InChI=1S/C17H21N7O/c1-12-10-15(21-22(12)2)17(25)23-8-5-13(6-9-23)20-14-4-3-7-24-16(14)18-11-19-24/h3-4,7,10-11,13,20H,5-6,8-9H2,1-2H3. The summed E-state index contributed by atoms with van der Waals surface area (Å²) in [5, 5.41) is 12.0. The van der Waals surface area contributed by atoms with Crippen molar-refractivity contribution in [1.82, 2.24) is 29.3 Å². The molecule has 3 aromatic rings. The molecule has 0 radical (unpaired) electrons. The maximum atomic E-state index is 12.6. The summed E-state index contributed by atoms with van der Waals surface area (Å²) in [6.45, 7) is 3.40. The van der Waals surface area contributed by atoms with E-state index < -0.39 is 0 Å². The fraction of sp³-hybridized carbons (Fsp3) is 0.412. The van der Waals surface area contributed by atoms with E-state index >= 15 is 0 Å². The average molecular weight is 339 g/mol. The molecule has 0 spiro atoms. The van der Waals surface area contributed by atoms with Gasteiger partial charge in [0.15, 0.2) is 11.3 Å². The van der Waals surface area contributed by atoms with Crippen molar-refractivity contribution in [2.75, 3.05) is 18.4 Å². The maximum absolute atomic E-state index is 12.6. The van der Waals surface area contributed by atoms with Crippen molar-refractivity contribution >= 4 is 17.2 Å². The number of fused-ring (bicyclic) bond motifs is 1. The normalized spacial score (nSPS) is 15.7. The van der Waals surface area contributed by atoms with Crippen LogP contribution in [0, 0.1) is 6.92 Å². The number of rotatable bonds is 3. The summed E-state index contributed by atoms with van der Waals surface area (Å²) in [5.74, 6) is 0.0155. The van der Waals surface area contributed by atoms with Crippen LogP contribution >= 0.6 is 0 Å². The molecule has 0 bridgehead atoms. The van der Waals surface area contributed by atoms with E-state index in [4.69, 9.17) is 0 Å². The van der Waals surface area contributed by atoms with Crippen LogP contribution in [0.1, 0.15) is 29.0 Å². The molecule has 4 heterocycles. The van der Waals surface area contributed by atoms with Crippen LogP contribution in [0.2, 0.25) is 0 Å². The Morgan fingerprint density at radius 3 is 2.84 bits per heavy atom. The second kappa shape index (κ2) is 6.19. The predicted molar refractivity (Wildman–Crippen MR) is 93.5 cm³/mol. The molecule has 1 fully saturated rings. The van der Waals surface area contributed by atoms with Gasteiger partial charge >= 0.3 is 0 Å². The minimum absolute atomic E-state index is 0.0155. The molecule has 1 aliphatic heterocycles. The highest BCUT2D eigenvalue weighted by atomic mass is 16.2. The van der Waals surface area contributed by atoms with Crippen LogP contribution in [0.5, 0.6) is 0 Å². The predicted octanol–water partition coefficient (Wildman–Crippen LogP) is 1.49. The lowest BCUT2D eigenvalue weighted by Crippen LogP contribution is -2.42. The molecule has 0 atom stereocenters. The van der Waals surface area contributed by atoms with Crippen molar-refractivity contribution in [2.24, 2.45) is 7.05 Å². The lowest BCUT2D eigenvalue weighted by Gasteiger charge is -2.32. The van der Waals surface area contributed by atoms with Crippen LogP contribution in [0.4, 0.5) is 5.69 Å². The third-order valence-corrected chi connectivity index (χ3v) is 4.78.